The predicted octanol–water partition coefficient (Wildman–Crippen LogP) is 4.19. The smallest absolute Gasteiger partial charge is 0.339 e. The van der Waals surface area contributed by atoms with Gasteiger partial charge in [0.25, 0.3) is 5.91 Å². The van der Waals surface area contributed by atoms with E-state index in [4.69, 9.17) is 11.6 Å². The van der Waals surface area contributed by atoms with Gasteiger partial charge in [-0.25, -0.2) is 9.78 Å². The van der Waals surface area contributed by atoms with Crippen LogP contribution in [0.4, 0.5) is 17.2 Å². The van der Waals surface area contributed by atoms with Gasteiger partial charge >= 0.3 is 5.97 Å². The number of nitrogens with zero attached hydrogens (tertiary/aromatic N) is 4. The molecule has 1 fully saturated rings. The van der Waals surface area contributed by atoms with Crippen molar-refractivity contribution in [2.24, 2.45) is 0 Å². The number of carboxylic acids is 1. The van der Waals surface area contributed by atoms with Crippen molar-refractivity contribution in [1.29, 1.82) is 0 Å². The first-order valence-corrected chi connectivity index (χ1v) is 11.0. The minimum Gasteiger partial charge on any atom is -0.478 e. The fourth-order valence-electron chi connectivity index (χ4n) is 4.13. The number of aromatic nitrogens is 2. The highest BCUT2D eigenvalue weighted by molar-refractivity contribution is 6.30. The Morgan fingerprint density at radius 2 is 1.85 bits per heavy atom. The summed E-state index contributed by atoms with van der Waals surface area (Å²) < 4.78 is 0. The number of aromatic carboxylic acids is 1. The fourth-order valence-corrected chi connectivity index (χ4v) is 4.24. The molecular weight excluding hydrogens is 442 g/mol. The first-order chi connectivity index (χ1) is 15.9. The SMILES string of the molecule is CN(c1ccccc1C(=O)Nc1ccc(Cl)cn1)C1CCN(c2ccncc2C(=O)O)CC1. The van der Waals surface area contributed by atoms with E-state index < -0.39 is 5.97 Å². The number of anilines is 3. The van der Waals surface area contributed by atoms with E-state index in [-0.39, 0.29) is 17.5 Å². The average Bonchev–Trinajstić information content (AvgIpc) is 2.85. The van der Waals surface area contributed by atoms with E-state index in [1.54, 1.807) is 30.5 Å². The lowest BCUT2D eigenvalue weighted by Crippen LogP contribution is -2.44. The molecule has 0 aliphatic carbocycles. The number of pyridine rings is 2. The van der Waals surface area contributed by atoms with Gasteiger partial charge in [0.1, 0.15) is 11.4 Å². The van der Waals surface area contributed by atoms with E-state index in [0.717, 1.165) is 18.5 Å². The number of carbonyl (C=O) groups is 2. The van der Waals surface area contributed by atoms with E-state index in [9.17, 15) is 14.7 Å². The first kappa shape index (κ1) is 22.5. The summed E-state index contributed by atoms with van der Waals surface area (Å²) in [6.45, 7) is 1.42. The maximum atomic E-state index is 13.0. The summed E-state index contributed by atoms with van der Waals surface area (Å²) in [4.78, 5) is 36.8. The summed E-state index contributed by atoms with van der Waals surface area (Å²) >= 11 is 5.87. The number of carbonyl (C=O) groups excluding carboxylic acids is 1. The lowest BCUT2D eigenvalue weighted by Gasteiger charge is -2.39. The molecule has 9 heteroatoms. The van der Waals surface area contributed by atoms with Crippen molar-refractivity contribution in [3.05, 3.63) is 77.2 Å². The molecule has 0 bridgehead atoms. The van der Waals surface area contributed by atoms with Crippen LogP contribution in [0.25, 0.3) is 0 Å². The second-order valence-electron chi connectivity index (χ2n) is 7.86. The second kappa shape index (κ2) is 9.87. The van der Waals surface area contributed by atoms with Gasteiger partial charge in [0.05, 0.1) is 16.3 Å². The molecule has 33 heavy (non-hydrogen) atoms. The number of amides is 1. The van der Waals surface area contributed by atoms with Crippen LogP contribution < -0.4 is 15.1 Å². The Balaban J connectivity index is 1.46. The summed E-state index contributed by atoms with van der Waals surface area (Å²) in [7, 11) is 1.99. The van der Waals surface area contributed by atoms with Gasteiger partial charge in [-0.15, -0.1) is 0 Å². The molecule has 2 N–H and O–H groups in total. The molecule has 0 unspecified atom stereocenters. The van der Waals surface area contributed by atoms with E-state index >= 15 is 0 Å². The minimum absolute atomic E-state index is 0.207. The number of benzene rings is 1. The molecule has 1 aliphatic heterocycles. The third-order valence-electron chi connectivity index (χ3n) is 5.88. The van der Waals surface area contributed by atoms with E-state index in [1.807, 2.05) is 25.2 Å². The van der Waals surface area contributed by atoms with Crippen molar-refractivity contribution < 1.29 is 14.7 Å². The zero-order valence-corrected chi connectivity index (χ0v) is 18.9. The number of carboxylic acid groups (broad SMARTS) is 1. The standard InChI is InChI=1S/C24H24ClN5O3/c1-29(17-9-12-30(13-10-17)21-8-11-26-15-19(21)24(32)33)20-5-3-2-4-18(20)23(31)28-22-7-6-16(25)14-27-22/h2-8,11,14-15,17H,9-10,12-13H2,1H3,(H,32,33)(H,27,28,31). The van der Waals surface area contributed by atoms with Gasteiger partial charge < -0.3 is 20.2 Å². The van der Waals surface area contributed by atoms with Crippen LogP contribution >= 0.6 is 11.6 Å². The highest BCUT2D eigenvalue weighted by atomic mass is 35.5. The van der Waals surface area contributed by atoms with Crippen LogP contribution in [-0.2, 0) is 0 Å². The van der Waals surface area contributed by atoms with Gasteiger partial charge in [0.15, 0.2) is 0 Å². The van der Waals surface area contributed by atoms with E-state index in [1.165, 1.54) is 12.4 Å². The summed E-state index contributed by atoms with van der Waals surface area (Å²) in [6, 6.07) is 12.8. The third-order valence-corrected chi connectivity index (χ3v) is 6.10. The van der Waals surface area contributed by atoms with Gasteiger partial charge in [-0.05, 0) is 43.2 Å². The third kappa shape index (κ3) is 5.06. The Kier molecular flexibility index (Phi) is 6.74. The van der Waals surface area contributed by atoms with Crippen LogP contribution in [0.1, 0.15) is 33.6 Å². The highest BCUT2D eigenvalue weighted by Crippen LogP contribution is 2.29. The Morgan fingerprint density at radius 3 is 2.55 bits per heavy atom. The topological polar surface area (TPSA) is 98.7 Å². The number of hydrogen-bond acceptors (Lipinski definition) is 6. The molecule has 0 atom stereocenters. The molecule has 3 aromatic rings. The molecule has 1 aromatic carbocycles. The maximum absolute atomic E-state index is 13.0. The first-order valence-electron chi connectivity index (χ1n) is 10.6. The number of piperidine rings is 1. The number of rotatable bonds is 6. The zero-order valence-electron chi connectivity index (χ0n) is 18.1. The Bertz CT molecular complexity index is 1150. The molecular formula is C24H24ClN5O3. The summed E-state index contributed by atoms with van der Waals surface area (Å²) in [5.41, 5.74) is 2.29. The second-order valence-corrected chi connectivity index (χ2v) is 8.30. The number of para-hydroxylation sites is 1. The van der Waals surface area contributed by atoms with Gasteiger partial charge in [-0.1, -0.05) is 23.7 Å². The molecule has 4 rings (SSSR count). The van der Waals surface area contributed by atoms with E-state index in [2.05, 4.69) is 25.1 Å². The van der Waals surface area contributed by atoms with E-state index in [0.29, 0.717) is 35.2 Å². The molecule has 8 nitrogen and oxygen atoms in total. The van der Waals surface area contributed by atoms with Crippen LogP contribution in [0.2, 0.25) is 5.02 Å². The number of hydrogen-bond donors (Lipinski definition) is 2. The fraction of sp³-hybridized carbons (Fsp3) is 0.250. The van der Waals surface area contributed by atoms with Crippen molar-refractivity contribution in [3.63, 3.8) is 0 Å². The molecule has 3 heterocycles. The summed E-state index contributed by atoms with van der Waals surface area (Å²) in [6.07, 6.45) is 6.14. The van der Waals surface area contributed by atoms with Gasteiger partial charge in [-0.2, -0.15) is 0 Å². The average molecular weight is 466 g/mol. The van der Waals surface area contributed by atoms with Gasteiger partial charge in [0, 0.05) is 50.5 Å². The maximum Gasteiger partial charge on any atom is 0.339 e. The highest BCUT2D eigenvalue weighted by Gasteiger charge is 2.27. The van der Waals surface area contributed by atoms with Crippen molar-refractivity contribution >= 4 is 40.7 Å². The lowest BCUT2D eigenvalue weighted by atomic mass is 10.0. The number of halogens is 1. The molecule has 170 valence electrons. The molecule has 0 saturated carbocycles. The molecule has 0 spiro atoms. The van der Waals surface area contributed by atoms with Crippen molar-refractivity contribution in [2.75, 3.05) is 35.3 Å². The van der Waals surface area contributed by atoms with Crippen LogP contribution in [0.5, 0.6) is 0 Å². The largest absolute Gasteiger partial charge is 0.478 e. The normalized spacial score (nSPS) is 14.1. The molecule has 1 saturated heterocycles. The van der Waals surface area contributed by atoms with Crippen molar-refractivity contribution in [1.82, 2.24) is 9.97 Å². The quantitative estimate of drug-likeness (QED) is 0.563. The monoisotopic (exact) mass is 465 g/mol. The van der Waals surface area contributed by atoms with Crippen LogP contribution in [0, 0.1) is 0 Å². The van der Waals surface area contributed by atoms with Gasteiger partial charge in [-0.3, -0.25) is 9.78 Å². The molecule has 1 aliphatic rings. The lowest BCUT2D eigenvalue weighted by molar-refractivity contribution is 0.0696. The van der Waals surface area contributed by atoms with Crippen LogP contribution in [0.15, 0.2) is 61.1 Å². The zero-order chi connectivity index (χ0) is 23.4. The van der Waals surface area contributed by atoms with Crippen molar-refractivity contribution in [2.45, 2.75) is 18.9 Å². The molecule has 2 aromatic heterocycles. The predicted molar refractivity (Wildman–Crippen MR) is 128 cm³/mol. The van der Waals surface area contributed by atoms with Crippen LogP contribution in [0.3, 0.4) is 0 Å². The molecule has 0 radical (unpaired) electrons. The Labute approximate surface area is 196 Å². The summed E-state index contributed by atoms with van der Waals surface area (Å²) in [5.74, 6) is -0.790. The minimum atomic E-state index is -0.979. The Hall–Kier alpha value is -3.65. The molecule has 1 amide bonds. The van der Waals surface area contributed by atoms with Gasteiger partial charge in [0.2, 0.25) is 0 Å². The summed E-state index contributed by atoms with van der Waals surface area (Å²) in [5, 5.41) is 12.8. The van der Waals surface area contributed by atoms with Crippen molar-refractivity contribution in [3.8, 4) is 0 Å². The number of nitrogens with one attached hydrogen (secondary N) is 1. The van der Waals surface area contributed by atoms with Crippen LogP contribution in [-0.4, -0.2) is 53.1 Å². The Morgan fingerprint density at radius 1 is 1.09 bits per heavy atom.